The summed E-state index contributed by atoms with van der Waals surface area (Å²) in [7, 11) is 1.57. The summed E-state index contributed by atoms with van der Waals surface area (Å²) in [4.78, 5) is 12.9. The number of carboxylic acids is 1. The molecular formula is C14H18ClNO3. The van der Waals surface area contributed by atoms with Gasteiger partial charge in [0.1, 0.15) is 5.75 Å². The summed E-state index contributed by atoms with van der Waals surface area (Å²) in [6.45, 7) is 6.24. The van der Waals surface area contributed by atoms with E-state index in [1.165, 1.54) is 0 Å². The lowest BCUT2D eigenvalue weighted by Crippen LogP contribution is -2.32. The van der Waals surface area contributed by atoms with Crippen LogP contribution in [0.5, 0.6) is 5.75 Å². The molecule has 0 radical (unpaired) electrons. The first-order chi connectivity index (χ1) is 8.99. The second kappa shape index (κ2) is 7.04. The Balaban J connectivity index is 3.07. The van der Waals surface area contributed by atoms with E-state index >= 15 is 0 Å². The molecule has 0 amide bonds. The van der Waals surface area contributed by atoms with E-state index in [1.807, 2.05) is 4.90 Å². The van der Waals surface area contributed by atoms with Gasteiger partial charge in [0.05, 0.1) is 18.7 Å². The van der Waals surface area contributed by atoms with Gasteiger partial charge in [-0.15, -0.1) is 6.58 Å². The Kier molecular flexibility index (Phi) is 5.70. The molecule has 4 nitrogen and oxygen atoms in total. The molecule has 0 aromatic heterocycles. The number of benzene rings is 1. The molecule has 0 bridgehead atoms. The highest BCUT2D eigenvalue weighted by Crippen LogP contribution is 2.31. The monoisotopic (exact) mass is 283 g/mol. The summed E-state index contributed by atoms with van der Waals surface area (Å²) >= 11 is 5.99. The number of hydrogen-bond donors (Lipinski definition) is 1. The van der Waals surface area contributed by atoms with E-state index in [0.717, 1.165) is 5.69 Å². The smallest absolute Gasteiger partial charge is 0.308 e. The number of halogens is 1. The van der Waals surface area contributed by atoms with Crippen LogP contribution in [0, 0.1) is 5.92 Å². The maximum Gasteiger partial charge on any atom is 0.308 e. The molecule has 0 saturated heterocycles. The van der Waals surface area contributed by atoms with Crippen LogP contribution in [0.1, 0.15) is 6.92 Å². The predicted octanol–water partition coefficient (Wildman–Crippen LogP) is 3.06. The molecule has 0 heterocycles. The van der Waals surface area contributed by atoms with Crippen LogP contribution in [0.15, 0.2) is 30.9 Å². The summed E-state index contributed by atoms with van der Waals surface area (Å²) in [6, 6.07) is 5.26. The molecule has 0 aliphatic heterocycles. The fourth-order valence-electron chi connectivity index (χ4n) is 1.75. The quantitative estimate of drug-likeness (QED) is 0.782. The molecule has 1 N–H and O–H groups in total. The largest absolute Gasteiger partial charge is 0.495 e. The van der Waals surface area contributed by atoms with Gasteiger partial charge < -0.3 is 14.7 Å². The maximum atomic E-state index is 11.0. The summed E-state index contributed by atoms with van der Waals surface area (Å²) < 4.78 is 5.29. The molecule has 19 heavy (non-hydrogen) atoms. The van der Waals surface area contributed by atoms with Gasteiger partial charge in [0.15, 0.2) is 0 Å². The molecule has 104 valence electrons. The Labute approximate surface area is 118 Å². The molecule has 0 aliphatic carbocycles. The number of rotatable bonds is 7. The highest BCUT2D eigenvalue weighted by atomic mass is 35.5. The number of anilines is 1. The van der Waals surface area contributed by atoms with E-state index in [4.69, 9.17) is 21.4 Å². The fraction of sp³-hybridized carbons (Fsp3) is 0.357. The van der Waals surface area contributed by atoms with E-state index in [-0.39, 0.29) is 0 Å². The Morgan fingerprint density at radius 1 is 1.63 bits per heavy atom. The van der Waals surface area contributed by atoms with Crippen LogP contribution in [0.3, 0.4) is 0 Å². The number of carboxylic acid groups (broad SMARTS) is 1. The van der Waals surface area contributed by atoms with E-state index < -0.39 is 11.9 Å². The van der Waals surface area contributed by atoms with Gasteiger partial charge in [0.25, 0.3) is 0 Å². The second-order valence-electron chi connectivity index (χ2n) is 4.25. The van der Waals surface area contributed by atoms with Crippen LogP contribution < -0.4 is 9.64 Å². The number of carbonyl (C=O) groups is 1. The first kappa shape index (κ1) is 15.4. The minimum Gasteiger partial charge on any atom is -0.495 e. The molecule has 0 spiro atoms. The van der Waals surface area contributed by atoms with Crippen LogP contribution in [-0.2, 0) is 4.79 Å². The Hall–Kier alpha value is -1.68. The van der Waals surface area contributed by atoms with Crippen LogP contribution in [0.2, 0.25) is 5.02 Å². The summed E-state index contributed by atoms with van der Waals surface area (Å²) in [5.41, 5.74) is 0.767. The topological polar surface area (TPSA) is 49.8 Å². The first-order valence-electron chi connectivity index (χ1n) is 5.91. The maximum absolute atomic E-state index is 11.0. The molecule has 1 aromatic carbocycles. The molecule has 0 aliphatic rings. The van der Waals surface area contributed by atoms with Crippen molar-refractivity contribution in [3.05, 3.63) is 35.9 Å². The van der Waals surface area contributed by atoms with Crippen molar-refractivity contribution in [3.63, 3.8) is 0 Å². The highest BCUT2D eigenvalue weighted by molar-refractivity contribution is 6.30. The van der Waals surface area contributed by atoms with Crippen molar-refractivity contribution in [2.75, 3.05) is 25.1 Å². The number of hydrogen-bond acceptors (Lipinski definition) is 3. The van der Waals surface area contributed by atoms with E-state index in [1.54, 1.807) is 38.3 Å². The highest BCUT2D eigenvalue weighted by Gasteiger charge is 2.18. The number of aliphatic carboxylic acids is 1. The zero-order valence-electron chi connectivity index (χ0n) is 11.1. The zero-order chi connectivity index (χ0) is 14.4. The number of methoxy groups -OCH3 is 1. The van der Waals surface area contributed by atoms with E-state index in [0.29, 0.717) is 23.9 Å². The predicted molar refractivity (Wildman–Crippen MR) is 77.2 cm³/mol. The van der Waals surface area contributed by atoms with Gasteiger partial charge in [-0.3, -0.25) is 4.79 Å². The van der Waals surface area contributed by atoms with Crippen molar-refractivity contribution in [1.29, 1.82) is 0 Å². The molecule has 5 heteroatoms. The van der Waals surface area contributed by atoms with Crippen LogP contribution in [0.4, 0.5) is 5.69 Å². The molecule has 1 rings (SSSR count). The molecular weight excluding hydrogens is 266 g/mol. The summed E-state index contributed by atoms with van der Waals surface area (Å²) in [5, 5.41) is 9.59. The Morgan fingerprint density at radius 2 is 2.32 bits per heavy atom. The van der Waals surface area contributed by atoms with Gasteiger partial charge in [-0.1, -0.05) is 24.6 Å². The van der Waals surface area contributed by atoms with Crippen LogP contribution in [0.25, 0.3) is 0 Å². The third-order valence-electron chi connectivity index (χ3n) is 2.75. The van der Waals surface area contributed by atoms with Gasteiger partial charge >= 0.3 is 5.97 Å². The summed E-state index contributed by atoms with van der Waals surface area (Å²) in [5.74, 6) is -0.678. The first-order valence-corrected chi connectivity index (χ1v) is 6.29. The summed E-state index contributed by atoms with van der Waals surface area (Å²) in [6.07, 6.45) is 1.72. The van der Waals surface area contributed by atoms with Crippen molar-refractivity contribution in [2.24, 2.45) is 5.92 Å². The van der Waals surface area contributed by atoms with Crippen molar-refractivity contribution >= 4 is 23.3 Å². The molecule has 1 unspecified atom stereocenters. The molecule has 1 atom stereocenters. The number of ether oxygens (including phenoxy) is 1. The molecule has 1 aromatic rings. The van der Waals surface area contributed by atoms with Gasteiger partial charge in [-0.25, -0.2) is 0 Å². The molecule has 0 fully saturated rings. The zero-order valence-corrected chi connectivity index (χ0v) is 11.9. The van der Waals surface area contributed by atoms with Gasteiger partial charge in [-0.05, 0) is 18.2 Å². The minimum atomic E-state index is -0.838. The Bertz CT molecular complexity index is 462. The fourth-order valence-corrected chi connectivity index (χ4v) is 1.91. The lowest BCUT2D eigenvalue weighted by Gasteiger charge is -2.27. The van der Waals surface area contributed by atoms with Crippen molar-refractivity contribution in [3.8, 4) is 5.75 Å². The lowest BCUT2D eigenvalue weighted by atomic mass is 10.1. The second-order valence-corrected chi connectivity index (χ2v) is 4.69. The van der Waals surface area contributed by atoms with Gasteiger partial charge in [-0.2, -0.15) is 0 Å². The Morgan fingerprint density at radius 3 is 2.84 bits per heavy atom. The SMILES string of the molecule is C=CCN(CC(C)C(=O)O)c1cc(Cl)ccc1OC. The van der Waals surface area contributed by atoms with Crippen molar-refractivity contribution < 1.29 is 14.6 Å². The van der Waals surface area contributed by atoms with Crippen molar-refractivity contribution in [2.45, 2.75) is 6.92 Å². The molecule has 0 saturated carbocycles. The normalized spacial score (nSPS) is 11.7. The third kappa shape index (κ3) is 4.17. The van der Waals surface area contributed by atoms with Gasteiger partial charge in [0.2, 0.25) is 0 Å². The van der Waals surface area contributed by atoms with Gasteiger partial charge in [0, 0.05) is 18.1 Å². The van der Waals surface area contributed by atoms with Crippen LogP contribution >= 0.6 is 11.6 Å². The minimum absolute atomic E-state index is 0.359. The van der Waals surface area contributed by atoms with Crippen LogP contribution in [-0.4, -0.2) is 31.3 Å². The standard InChI is InChI=1S/C14H18ClNO3/c1-4-7-16(9-10(2)14(17)18)12-8-11(15)5-6-13(12)19-3/h4-6,8,10H,1,7,9H2,2-3H3,(H,17,18). The van der Waals surface area contributed by atoms with E-state index in [9.17, 15) is 4.79 Å². The average Bonchev–Trinajstić information content (AvgIpc) is 2.37. The van der Waals surface area contributed by atoms with E-state index in [2.05, 4.69) is 6.58 Å². The average molecular weight is 284 g/mol. The third-order valence-corrected chi connectivity index (χ3v) is 2.98. The van der Waals surface area contributed by atoms with Crippen molar-refractivity contribution in [1.82, 2.24) is 0 Å². The lowest BCUT2D eigenvalue weighted by molar-refractivity contribution is -0.140. The number of nitrogens with zero attached hydrogens (tertiary/aromatic N) is 1.